The summed E-state index contributed by atoms with van der Waals surface area (Å²) in [6.45, 7) is 6.95. The largest absolute Gasteiger partial charge is 0.358 e. The zero-order valence-corrected chi connectivity index (χ0v) is 13.7. The van der Waals surface area contributed by atoms with Crippen molar-refractivity contribution in [2.45, 2.75) is 13.8 Å². The van der Waals surface area contributed by atoms with Crippen molar-refractivity contribution >= 4 is 33.3 Å². The molecule has 0 aromatic carbocycles. The van der Waals surface area contributed by atoms with Crippen LogP contribution in [0.2, 0.25) is 0 Å². The first kappa shape index (κ1) is 15.0. The Morgan fingerprint density at radius 1 is 1.20 bits per heavy atom. The summed E-state index contributed by atoms with van der Waals surface area (Å²) in [6, 6.07) is 2.18. The highest BCUT2D eigenvalue weighted by molar-refractivity contribution is 7.18. The van der Waals surface area contributed by atoms with Gasteiger partial charge in [0.15, 0.2) is 0 Å². The van der Waals surface area contributed by atoms with Crippen molar-refractivity contribution < 1.29 is 0 Å². The molecule has 1 N–H and O–H groups in total. The van der Waals surface area contributed by atoms with E-state index in [-0.39, 0.29) is 0 Å². The van der Waals surface area contributed by atoms with E-state index in [4.69, 9.17) is 0 Å². The fourth-order valence-corrected chi connectivity index (χ4v) is 2.88. The number of aromatic nitrogens is 2. The summed E-state index contributed by atoms with van der Waals surface area (Å²) in [5.74, 6) is 1.73. The number of rotatable bonds is 6. The van der Waals surface area contributed by atoms with E-state index in [1.807, 2.05) is 0 Å². The van der Waals surface area contributed by atoms with Crippen molar-refractivity contribution in [3.8, 4) is 0 Å². The first-order valence-corrected chi connectivity index (χ1v) is 7.70. The number of anilines is 2. The zero-order valence-electron chi connectivity index (χ0n) is 12.9. The monoisotopic (exact) mass is 293 g/mol. The molecule has 0 radical (unpaired) electrons. The van der Waals surface area contributed by atoms with E-state index in [0.29, 0.717) is 5.95 Å². The molecule has 0 saturated carbocycles. The first-order valence-electron chi connectivity index (χ1n) is 6.89. The Bertz CT molecular complexity index is 578. The van der Waals surface area contributed by atoms with Gasteiger partial charge in [-0.25, -0.2) is 4.98 Å². The number of hydrogen-bond donors (Lipinski definition) is 1. The second-order valence-corrected chi connectivity index (χ2v) is 6.44. The van der Waals surface area contributed by atoms with Gasteiger partial charge in [0, 0.05) is 31.6 Å². The molecule has 2 heterocycles. The number of fused-ring (bicyclic) bond motifs is 1. The molecule has 110 valence electrons. The third-order valence-electron chi connectivity index (χ3n) is 3.07. The summed E-state index contributed by atoms with van der Waals surface area (Å²) in [4.78, 5) is 16.0. The second kappa shape index (κ2) is 6.37. The van der Waals surface area contributed by atoms with E-state index >= 15 is 0 Å². The van der Waals surface area contributed by atoms with Gasteiger partial charge in [-0.15, -0.1) is 11.3 Å². The number of nitrogens with zero attached hydrogens (tertiary/aromatic N) is 4. The van der Waals surface area contributed by atoms with Crippen LogP contribution in [-0.4, -0.2) is 55.6 Å². The second-order valence-electron chi connectivity index (χ2n) is 5.20. The predicted molar refractivity (Wildman–Crippen MR) is 88.1 cm³/mol. The summed E-state index contributed by atoms with van der Waals surface area (Å²) in [5.41, 5.74) is 0. The topological polar surface area (TPSA) is 44.3 Å². The molecule has 2 aromatic heterocycles. The number of aryl methyl sites for hydroxylation is 1. The van der Waals surface area contributed by atoms with E-state index in [0.717, 1.165) is 35.7 Å². The Balaban J connectivity index is 2.37. The molecular weight excluding hydrogens is 270 g/mol. The van der Waals surface area contributed by atoms with Crippen LogP contribution >= 0.6 is 11.3 Å². The van der Waals surface area contributed by atoms with Crippen LogP contribution in [0.25, 0.3) is 10.2 Å². The molecule has 0 amide bonds. The van der Waals surface area contributed by atoms with Gasteiger partial charge in [-0.3, -0.25) is 0 Å². The van der Waals surface area contributed by atoms with Crippen LogP contribution in [-0.2, 0) is 0 Å². The Kier molecular flexibility index (Phi) is 4.77. The maximum absolute atomic E-state index is 4.67. The maximum atomic E-state index is 4.67. The summed E-state index contributed by atoms with van der Waals surface area (Å²) in [6.07, 6.45) is 0. The lowest BCUT2D eigenvalue weighted by Gasteiger charge is -2.21. The molecule has 0 aliphatic heterocycles. The van der Waals surface area contributed by atoms with E-state index in [9.17, 15) is 0 Å². The molecule has 0 aliphatic rings. The summed E-state index contributed by atoms with van der Waals surface area (Å²) in [7, 11) is 6.26. The van der Waals surface area contributed by atoms with Gasteiger partial charge in [0.05, 0.1) is 5.39 Å². The van der Waals surface area contributed by atoms with Crippen molar-refractivity contribution in [3.63, 3.8) is 0 Å². The minimum absolute atomic E-state index is 0.716. The number of hydrogen-bond acceptors (Lipinski definition) is 6. The van der Waals surface area contributed by atoms with Gasteiger partial charge in [0.25, 0.3) is 0 Å². The Labute approximate surface area is 124 Å². The molecule has 0 fully saturated rings. The van der Waals surface area contributed by atoms with Crippen LogP contribution in [0.15, 0.2) is 6.07 Å². The molecule has 0 unspecified atom stereocenters. The molecule has 2 aromatic rings. The van der Waals surface area contributed by atoms with E-state index in [2.05, 4.69) is 66.1 Å². The van der Waals surface area contributed by atoms with Crippen LogP contribution in [0.3, 0.4) is 0 Å². The average Bonchev–Trinajstić information content (AvgIpc) is 2.75. The van der Waals surface area contributed by atoms with E-state index < -0.39 is 0 Å². The van der Waals surface area contributed by atoms with Crippen LogP contribution in [0, 0.1) is 6.92 Å². The number of nitrogens with one attached hydrogen (secondary N) is 1. The highest BCUT2D eigenvalue weighted by Crippen LogP contribution is 2.31. The Morgan fingerprint density at radius 3 is 2.60 bits per heavy atom. The standard InChI is InChI=1S/C14H23N5S/c1-6-15-14-16-12(19(5)8-7-18(3)4)11-9-10(2)20-13(11)17-14/h9H,6-8H2,1-5H3,(H,15,16,17). The van der Waals surface area contributed by atoms with E-state index in [1.165, 1.54) is 4.88 Å². The third-order valence-corrected chi connectivity index (χ3v) is 4.02. The van der Waals surface area contributed by atoms with Crippen molar-refractivity contribution in [3.05, 3.63) is 10.9 Å². The van der Waals surface area contributed by atoms with Gasteiger partial charge in [-0.2, -0.15) is 4.98 Å². The molecular formula is C14H23N5S. The lowest BCUT2D eigenvalue weighted by molar-refractivity contribution is 0.416. The average molecular weight is 293 g/mol. The molecule has 6 heteroatoms. The minimum Gasteiger partial charge on any atom is -0.358 e. The first-order chi connectivity index (χ1) is 9.51. The summed E-state index contributed by atoms with van der Waals surface area (Å²) >= 11 is 1.72. The molecule has 2 rings (SSSR count). The van der Waals surface area contributed by atoms with Gasteiger partial charge in [-0.05, 0) is 34.0 Å². The van der Waals surface area contributed by atoms with Crippen molar-refractivity contribution in [1.29, 1.82) is 0 Å². The molecule has 0 atom stereocenters. The van der Waals surface area contributed by atoms with Crippen LogP contribution in [0.1, 0.15) is 11.8 Å². The van der Waals surface area contributed by atoms with Gasteiger partial charge in [0.2, 0.25) is 5.95 Å². The molecule has 0 aliphatic carbocycles. The molecule has 20 heavy (non-hydrogen) atoms. The molecule has 5 nitrogen and oxygen atoms in total. The number of thiophene rings is 1. The third kappa shape index (κ3) is 3.37. The Hall–Kier alpha value is -1.40. The van der Waals surface area contributed by atoms with Crippen LogP contribution in [0.5, 0.6) is 0 Å². The Morgan fingerprint density at radius 2 is 1.95 bits per heavy atom. The van der Waals surface area contributed by atoms with Crippen LogP contribution < -0.4 is 10.2 Å². The fourth-order valence-electron chi connectivity index (χ4n) is 2.01. The van der Waals surface area contributed by atoms with Gasteiger partial charge in [-0.1, -0.05) is 0 Å². The van der Waals surface area contributed by atoms with Crippen LogP contribution in [0.4, 0.5) is 11.8 Å². The summed E-state index contributed by atoms with van der Waals surface area (Å²) in [5, 5.41) is 4.36. The molecule has 0 saturated heterocycles. The molecule has 0 spiro atoms. The smallest absolute Gasteiger partial charge is 0.226 e. The normalized spacial score (nSPS) is 11.3. The van der Waals surface area contributed by atoms with E-state index in [1.54, 1.807) is 11.3 Å². The number of likely N-dealkylation sites (N-methyl/N-ethyl adjacent to an activating group) is 2. The lowest BCUT2D eigenvalue weighted by Crippen LogP contribution is -2.29. The highest BCUT2D eigenvalue weighted by Gasteiger charge is 2.13. The van der Waals surface area contributed by atoms with Crippen molar-refractivity contribution in [2.24, 2.45) is 0 Å². The predicted octanol–water partition coefficient (Wildman–Crippen LogP) is 2.43. The fraction of sp³-hybridized carbons (Fsp3) is 0.571. The zero-order chi connectivity index (χ0) is 14.7. The quantitative estimate of drug-likeness (QED) is 0.886. The SMILES string of the molecule is CCNc1nc(N(C)CCN(C)C)c2cc(C)sc2n1. The minimum atomic E-state index is 0.716. The van der Waals surface area contributed by atoms with Crippen molar-refractivity contribution in [2.75, 3.05) is 51.0 Å². The molecule has 0 bridgehead atoms. The van der Waals surface area contributed by atoms with Gasteiger partial charge < -0.3 is 15.1 Å². The van der Waals surface area contributed by atoms with Gasteiger partial charge in [0.1, 0.15) is 10.6 Å². The van der Waals surface area contributed by atoms with Crippen molar-refractivity contribution in [1.82, 2.24) is 14.9 Å². The lowest BCUT2D eigenvalue weighted by atomic mass is 10.3. The summed E-state index contributed by atoms with van der Waals surface area (Å²) < 4.78 is 0. The highest BCUT2D eigenvalue weighted by atomic mass is 32.1. The van der Waals surface area contributed by atoms with Gasteiger partial charge >= 0.3 is 0 Å². The maximum Gasteiger partial charge on any atom is 0.226 e.